The number of hydrogen-bond acceptors (Lipinski definition) is 4. The highest BCUT2D eigenvalue weighted by Gasteiger charge is 2.38. The number of carbonyl (C=O) groups excluding carboxylic acids is 1. The minimum atomic E-state index is -0.318. The van der Waals surface area contributed by atoms with Gasteiger partial charge < -0.3 is 4.74 Å². The summed E-state index contributed by atoms with van der Waals surface area (Å²) in [6.45, 7) is 0. The Labute approximate surface area is 88.7 Å². The van der Waals surface area contributed by atoms with Crippen LogP contribution < -0.4 is 0 Å². The van der Waals surface area contributed by atoms with Gasteiger partial charge in [-0.05, 0) is 25.7 Å². The smallest absolute Gasteiger partial charge is 0.160 e. The van der Waals surface area contributed by atoms with E-state index >= 15 is 0 Å². The summed E-state index contributed by atoms with van der Waals surface area (Å²) in [6.07, 6.45) is 8.06. The van der Waals surface area contributed by atoms with Gasteiger partial charge in [0, 0.05) is 19.5 Å². The number of ether oxygens (including phenoxy) is 1. The molecule has 0 spiro atoms. The van der Waals surface area contributed by atoms with Gasteiger partial charge in [-0.15, -0.1) is 0 Å². The molecule has 1 aliphatic carbocycles. The van der Waals surface area contributed by atoms with Crippen LogP contribution in [0.1, 0.15) is 41.9 Å². The van der Waals surface area contributed by atoms with Crippen molar-refractivity contribution in [1.29, 1.82) is 0 Å². The first kappa shape index (κ1) is 10.2. The quantitative estimate of drug-likeness (QED) is 0.706. The van der Waals surface area contributed by atoms with E-state index in [1.165, 1.54) is 0 Å². The molecule has 0 N–H and O–H groups in total. The Hall–Kier alpha value is -1.29. The number of carbonyl (C=O) groups is 1. The summed E-state index contributed by atoms with van der Waals surface area (Å²) in [5.74, 6) is 0.702. The van der Waals surface area contributed by atoms with Gasteiger partial charge in [0.1, 0.15) is 5.60 Å². The van der Waals surface area contributed by atoms with Crippen LogP contribution in [0.2, 0.25) is 0 Å². The summed E-state index contributed by atoms with van der Waals surface area (Å²) in [5.41, 5.74) is 0.185. The van der Waals surface area contributed by atoms with Gasteiger partial charge in [-0.3, -0.25) is 4.79 Å². The summed E-state index contributed by atoms with van der Waals surface area (Å²) < 4.78 is 5.54. The van der Waals surface area contributed by atoms with Crippen LogP contribution >= 0.6 is 0 Å². The largest absolute Gasteiger partial charge is 0.370 e. The standard InChI is InChI=1S/C11H14N2O2/c1-15-11(4-2-3-5-11)10-12-6-9(8-14)7-13-10/h6-8H,2-5H2,1H3. The molecule has 0 radical (unpaired) electrons. The highest BCUT2D eigenvalue weighted by molar-refractivity contribution is 5.73. The molecule has 0 aromatic carbocycles. The maximum atomic E-state index is 10.5. The highest BCUT2D eigenvalue weighted by atomic mass is 16.5. The molecule has 4 nitrogen and oxygen atoms in total. The van der Waals surface area contributed by atoms with Crippen molar-refractivity contribution in [1.82, 2.24) is 9.97 Å². The molecule has 1 aromatic rings. The van der Waals surface area contributed by atoms with E-state index in [2.05, 4.69) is 9.97 Å². The van der Waals surface area contributed by atoms with E-state index in [0.29, 0.717) is 11.4 Å². The molecule has 0 unspecified atom stereocenters. The van der Waals surface area contributed by atoms with Crippen LogP contribution in [0, 0.1) is 0 Å². The molecule has 1 aromatic heterocycles. The second-order valence-corrected chi connectivity index (χ2v) is 3.86. The van der Waals surface area contributed by atoms with Crippen molar-refractivity contribution in [3.05, 3.63) is 23.8 Å². The molecule has 1 aliphatic rings. The fraction of sp³-hybridized carbons (Fsp3) is 0.545. The van der Waals surface area contributed by atoms with Crippen molar-refractivity contribution in [2.24, 2.45) is 0 Å². The Morgan fingerprint density at radius 1 is 1.33 bits per heavy atom. The van der Waals surface area contributed by atoms with Crippen molar-refractivity contribution < 1.29 is 9.53 Å². The number of aromatic nitrogens is 2. The van der Waals surface area contributed by atoms with Crippen molar-refractivity contribution in [3.63, 3.8) is 0 Å². The first-order chi connectivity index (χ1) is 7.30. The Balaban J connectivity index is 2.30. The molecule has 0 amide bonds. The summed E-state index contributed by atoms with van der Waals surface area (Å²) in [6, 6.07) is 0. The van der Waals surface area contributed by atoms with Crippen LogP contribution in [0.4, 0.5) is 0 Å². The lowest BCUT2D eigenvalue weighted by Gasteiger charge is -2.25. The average molecular weight is 206 g/mol. The van der Waals surface area contributed by atoms with E-state index in [1.54, 1.807) is 19.5 Å². The van der Waals surface area contributed by atoms with Gasteiger partial charge in [0.05, 0.1) is 5.56 Å². The molecule has 80 valence electrons. The van der Waals surface area contributed by atoms with Crippen molar-refractivity contribution in [2.45, 2.75) is 31.3 Å². The molecule has 1 heterocycles. The van der Waals surface area contributed by atoms with Crippen LogP contribution in [0.25, 0.3) is 0 Å². The first-order valence-electron chi connectivity index (χ1n) is 5.13. The lowest BCUT2D eigenvalue weighted by Crippen LogP contribution is -2.27. The SMILES string of the molecule is COC1(c2ncc(C=O)cn2)CCCC1. The van der Waals surface area contributed by atoms with Crippen molar-refractivity contribution in [2.75, 3.05) is 7.11 Å². The highest BCUT2D eigenvalue weighted by Crippen LogP contribution is 2.39. The zero-order chi connectivity index (χ0) is 10.7. The maximum absolute atomic E-state index is 10.5. The van der Waals surface area contributed by atoms with Crippen molar-refractivity contribution >= 4 is 6.29 Å². The number of aldehydes is 1. The van der Waals surface area contributed by atoms with Crippen LogP contribution in [-0.4, -0.2) is 23.4 Å². The van der Waals surface area contributed by atoms with Gasteiger partial charge in [-0.1, -0.05) is 0 Å². The van der Waals surface area contributed by atoms with E-state index < -0.39 is 0 Å². The number of rotatable bonds is 3. The molecule has 2 rings (SSSR count). The predicted molar refractivity (Wildman–Crippen MR) is 54.6 cm³/mol. The number of hydrogen-bond donors (Lipinski definition) is 0. The van der Waals surface area contributed by atoms with E-state index in [4.69, 9.17) is 4.74 Å². The molecule has 1 fully saturated rings. The second kappa shape index (κ2) is 4.06. The van der Waals surface area contributed by atoms with Crippen molar-refractivity contribution in [3.8, 4) is 0 Å². The molecule has 0 aliphatic heterocycles. The first-order valence-corrected chi connectivity index (χ1v) is 5.13. The summed E-state index contributed by atoms with van der Waals surface area (Å²) in [7, 11) is 1.70. The lowest BCUT2D eigenvalue weighted by molar-refractivity contribution is -0.0163. The van der Waals surface area contributed by atoms with Crippen LogP contribution in [0.5, 0.6) is 0 Å². The van der Waals surface area contributed by atoms with Crippen LogP contribution in [0.15, 0.2) is 12.4 Å². The molecule has 0 saturated heterocycles. The molecule has 0 bridgehead atoms. The average Bonchev–Trinajstić information content (AvgIpc) is 2.79. The fourth-order valence-electron chi connectivity index (χ4n) is 2.10. The number of methoxy groups -OCH3 is 1. The molecule has 15 heavy (non-hydrogen) atoms. The molecule has 1 saturated carbocycles. The van der Waals surface area contributed by atoms with E-state index in [0.717, 1.165) is 32.0 Å². The predicted octanol–water partition coefficient (Wildman–Crippen LogP) is 1.70. The molecular weight excluding hydrogens is 192 g/mol. The van der Waals surface area contributed by atoms with Gasteiger partial charge in [0.2, 0.25) is 0 Å². The topological polar surface area (TPSA) is 52.1 Å². The minimum absolute atomic E-state index is 0.318. The van der Waals surface area contributed by atoms with E-state index in [9.17, 15) is 4.79 Å². The van der Waals surface area contributed by atoms with E-state index in [1.807, 2.05) is 0 Å². The third kappa shape index (κ3) is 1.77. The lowest BCUT2D eigenvalue weighted by atomic mass is 10.0. The van der Waals surface area contributed by atoms with Gasteiger partial charge in [-0.2, -0.15) is 0 Å². The van der Waals surface area contributed by atoms with Crippen LogP contribution in [0.3, 0.4) is 0 Å². The fourth-order valence-corrected chi connectivity index (χ4v) is 2.10. The third-order valence-corrected chi connectivity index (χ3v) is 3.02. The Morgan fingerprint density at radius 3 is 2.40 bits per heavy atom. The molecular formula is C11H14N2O2. The minimum Gasteiger partial charge on any atom is -0.370 e. The third-order valence-electron chi connectivity index (χ3n) is 3.02. The Morgan fingerprint density at radius 2 is 1.93 bits per heavy atom. The monoisotopic (exact) mass is 206 g/mol. The molecule has 4 heteroatoms. The zero-order valence-corrected chi connectivity index (χ0v) is 8.77. The second-order valence-electron chi connectivity index (χ2n) is 3.86. The van der Waals surface area contributed by atoms with E-state index in [-0.39, 0.29) is 5.60 Å². The summed E-state index contributed by atoms with van der Waals surface area (Å²) in [5, 5.41) is 0. The Bertz CT molecular complexity index is 342. The van der Waals surface area contributed by atoms with Gasteiger partial charge in [0.25, 0.3) is 0 Å². The zero-order valence-electron chi connectivity index (χ0n) is 8.77. The van der Waals surface area contributed by atoms with Gasteiger partial charge in [-0.25, -0.2) is 9.97 Å². The summed E-state index contributed by atoms with van der Waals surface area (Å²) in [4.78, 5) is 18.9. The summed E-state index contributed by atoms with van der Waals surface area (Å²) >= 11 is 0. The Kier molecular flexibility index (Phi) is 2.77. The normalized spacial score (nSPS) is 19.0. The maximum Gasteiger partial charge on any atom is 0.160 e. The van der Waals surface area contributed by atoms with Crippen LogP contribution in [-0.2, 0) is 10.3 Å². The number of nitrogens with zero attached hydrogens (tertiary/aromatic N) is 2. The van der Waals surface area contributed by atoms with Gasteiger partial charge in [0.15, 0.2) is 12.1 Å². The molecule has 0 atom stereocenters. The van der Waals surface area contributed by atoms with Gasteiger partial charge >= 0.3 is 0 Å².